The number of carbonyl (C=O) groups is 2. The Morgan fingerprint density at radius 1 is 0.886 bits per heavy atom. The normalized spacial score (nSPS) is 10.6. The first-order valence-corrected chi connectivity index (χ1v) is 13.1. The predicted molar refractivity (Wildman–Crippen MR) is 142 cm³/mol. The molecule has 0 atom stereocenters. The van der Waals surface area contributed by atoms with E-state index < -0.39 is 0 Å². The molecule has 0 fully saturated rings. The van der Waals surface area contributed by atoms with Gasteiger partial charge in [-0.1, -0.05) is 56.3 Å². The quantitative estimate of drug-likeness (QED) is 0.191. The molecule has 2 aromatic carbocycles. The third-order valence-electron chi connectivity index (χ3n) is 5.56. The van der Waals surface area contributed by atoms with Gasteiger partial charge in [0.2, 0.25) is 0 Å². The van der Waals surface area contributed by atoms with Crippen LogP contribution in [0.5, 0.6) is 5.75 Å². The maximum Gasteiger partial charge on any atom is 0.322 e. The first-order chi connectivity index (χ1) is 17.0. The second-order valence-corrected chi connectivity index (χ2v) is 8.96. The molecule has 35 heavy (non-hydrogen) atoms. The molecule has 1 N–H and O–H groups in total. The van der Waals surface area contributed by atoms with Gasteiger partial charge >= 0.3 is 12.0 Å². The summed E-state index contributed by atoms with van der Waals surface area (Å²) < 4.78 is 10.7. The number of unbranched alkanes of at least 4 members (excludes halogenated alkanes) is 5. The maximum atomic E-state index is 13.0. The van der Waals surface area contributed by atoms with Gasteiger partial charge in [-0.3, -0.25) is 4.79 Å². The lowest BCUT2D eigenvalue weighted by Gasteiger charge is -2.23. The number of nitrogens with zero attached hydrogens (tertiary/aromatic N) is 1. The molecule has 0 saturated carbocycles. The molecular formula is C28H39ClN2O4. The lowest BCUT2D eigenvalue weighted by molar-refractivity contribution is -0.143. The number of carbonyl (C=O) groups excluding carboxylic acids is 2. The third kappa shape index (κ3) is 12.0. The highest BCUT2D eigenvalue weighted by Crippen LogP contribution is 2.18. The van der Waals surface area contributed by atoms with Crippen LogP contribution in [0.2, 0.25) is 5.02 Å². The molecule has 0 bridgehead atoms. The topological polar surface area (TPSA) is 67.9 Å². The molecule has 2 aromatic rings. The molecule has 0 aromatic heterocycles. The average molecular weight is 503 g/mol. The van der Waals surface area contributed by atoms with Gasteiger partial charge in [-0.15, -0.1) is 0 Å². The van der Waals surface area contributed by atoms with Gasteiger partial charge in [0.1, 0.15) is 5.75 Å². The van der Waals surface area contributed by atoms with E-state index in [0.717, 1.165) is 42.7 Å². The molecule has 0 saturated heterocycles. The number of rotatable bonds is 16. The van der Waals surface area contributed by atoms with E-state index in [2.05, 4.69) is 12.2 Å². The number of hydrogen-bond acceptors (Lipinski definition) is 4. The Morgan fingerprint density at radius 3 is 2.29 bits per heavy atom. The second kappa shape index (κ2) is 16.8. The molecule has 6 nitrogen and oxygen atoms in total. The first-order valence-electron chi connectivity index (χ1n) is 12.7. The van der Waals surface area contributed by atoms with Crippen molar-refractivity contribution in [2.24, 2.45) is 0 Å². The minimum Gasteiger partial charge on any atom is -0.494 e. The fourth-order valence-electron chi connectivity index (χ4n) is 3.60. The van der Waals surface area contributed by atoms with Gasteiger partial charge in [-0.2, -0.15) is 0 Å². The molecule has 0 spiro atoms. The standard InChI is InChI=1S/C28H39ClN2O4/c1-3-5-6-7-9-20-31(28(33)30-25-16-14-24(29)15-17-25)22-23-12-18-26(19-13-23)35-21-10-8-11-27(32)34-4-2/h12-19H,3-11,20-22H2,1-2H3,(H,30,33). The smallest absolute Gasteiger partial charge is 0.322 e. The van der Waals surface area contributed by atoms with Crippen LogP contribution in [-0.4, -0.2) is 36.7 Å². The summed E-state index contributed by atoms with van der Waals surface area (Å²) in [6.07, 6.45) is 7.64. The molecule has 0 aliphatic rings. The van der Waals surface area contributed by atoms with Crippen molar-refractivity contribution in [3.63, 3.8) is 0 Å². The van der Waals surface area contributed by atoms with Gasteiger partial charge in [0.15, 0.2) is 0 Å². The van der Waals surface area contributed by atoms with Gasteiger partial charge in [0, 0.05) is 30.2 Å². The van der Waals surface area contributed by atoms with Crippen molar-refractivity contribution in [2.75, 3.05) is 25.1 Å². The molecular weight excluding hydrogens is 464 g/mol. The second-order valence-electron chi connectivity index (χ2n) is 8.53. The van der Waals surface area contributed by atoms with E-state index in [4.69, 9.17) is 21.1 Å². The van der Waals surface area contributed by atoms with Crippen molar-refractivity contribution >= 4 is 29.3 Å². The van der Waals surface area contributed by atoms with Gasteiger partial charge in [-0.25, -0.2) is 4.79 Å². The van der Waals surface area contributed by atoms with Crippen LogP contribution in [0.15, 0.2) is 48.5 Å². The number of urea groups is 1. The summed E-state index contributed by atoms with van der Waals surface area (Å²) in [7, 11) is 0. The summed E-state index contributed by atoms with van der Waals surface area (Å²) in [4.78, 5) is 26.2. The fourth-order valence-corrected chi connectivity index (χ4v) is 3.73. The van der Waals surface area contributed by atoms with Crippen molar-refractivity contribution in [1.82, 2.24) is 4.90 Å². The molecule has 7 heteroatoms. The lowest BCUT2D eigenvalue weighted by atomic mass is 10.1. The molecule has 2 amide bonds. The Labute approximate surface area is 214 Å². The number of amides is 2. The van der Waals surface area contributed by atoms with Crippen LogP contribution in [0, 0.1) is 0 Å². The lowest BCUT2D eigenvalue weighted by Crippen LogP contribution is -2.35. The molecule has 0 radical (unpaired) electrons. The molecule has 0 aliphatic carbocycles. The molecule has 192 valence electrons. The summed E-state index contributed by atoms with van der Waals surface area (Å²) in [5, 5.41) is 3.62. The monoisotopic (exact) mass is 502 g/mol. The van der Waals surface area contributed by atoms with E-state index in [-0.39, 0.29) is 12.0 Å². The Bertz CT molecular complexity index is 872. The number of esters is 1. The zero-order valence-corrected chi connectivity index (χ0v) is 21.8. The zero-order chi connectivity index (χ0) is 25.3. The number of hydrogen-bond donors (Lipinski definition) is 1. The highest BCUT2D eigenvalue weighted by atomic mass is 35.5. The maximum absolute atomic E-state index is 13.0. The first kappa shape index (κ1) is 28.5. The highest BCUT2D eigenvalue weighted by molar-refractivity contribution is 6.30. The molecule has 0 unspecified atom stereocenters. The average Bonchev–Trinajstić information content (AvgIpc) is 2.85. The number of benzene rings is 2. The predicted octanol–water partition coefficient (Wildman–Crippen LogP) is 7.46. The van der Waals surface area contributed by atoms with E-state index in [1.54, 1.807) is 24.3 Å². The van der Waals surface area contributed by atoms with Crippen molar-refractivity contribution < 1.29 is 19.1 Å². The number of nitrogens with one attached hydrogen (secondary N) is 1. The van der Waals surface area contributed by atoms with Gasteiger partial charge in [0.05, 0.1) is 13.2 Å². The van der Waals surface area contributed by atoms with Gasteiger partial charge < -0.3 is 19.7 Å². The van der Waals surface area contributed by atoms with Crippen molar-refractivity contribution in [1.29, 1.82) is 0 Å². The number of anilines is 1. The van der Waals surface area contributed by atoms with E-state index in [0.29, 0.717) is 37.7 Å². The van der Waals surface area contributed by atoms with E-state index in [1.807, 2.05) is 36.1 Å². The van der Waals surface area contributed by atoms with Crippen LogP contribution in [0.25, 0.3) is 0 Å². The van der Waals surface area contributed by atoms with E-state index >= 15 is 0 Å². The summed E-state index contributed by atoms with van der Waals surface area (Å²) in [5.41, 5.74) is 1.77. The van der Waals surface area contributed by atoms with E-state index in [9.17, 15) is 9.59 Å². The zero-order valence-electron chi connectivity index (χ0n) is 21.1. The summed E-state index contributed by atoms with van der Waals surface area (Å²) >= 11 is 5.96. The minimum atomic E-state index is -0.160. The SMILES string of the molecule is CCCCCCCN(Cc1ccc(OCCCCC(=O)OCC)cc1)C(=O)Nc1ccc(Cl)cc1. The van der Waals surface area contributed by atoms with Crippen molar-refractivity contribution in [2.45, 2.75) is 71.8 Å². The molecule has 2 rings (SSSR count). The van der Waals surface area contributed by atoms with Crippen molar-refractivity contribution in [3.05, 3.63) is 59.1 Å². The largest absolute Gasteiger partial charge is 0.494 e. The summed E-state index contributed by atoms with van der Waals surface area (Å²) in [5.74, 6) is 0.619. The van der Waals surface area contributed by atoms with Gasteiger partial charge in [-0.05, 0) is 68.1 Å². The van der Waals surface area contributed by atoms with Crippen LogP contribution in [-0.2, 0) is 16.1 Å². The van der Waals surface area contributed by atoms with Crippen LogP contribution in [0.1, 0.15) is 70.8 Å². The van der Waals surface area contributed by atoms with E-state index in [1.165, 1.54) is 19.3 Å². The van der Waals surface area contributed by atoms with Crippen LogP contribution >= 0.6 is 11.6 Å². The number of ether oxygens (including phenoxy) is 2. The Kier molecular flexibility index (Phi) is 13.7. The third-order valence-corrected chi connectivity index (χ3v) is 5.81. The van der Waals surface area contributed by atoms with Crippen molar-refractivity contribution in [3.8, 4) is 5.75 Å². The van der Waals surface area contributed by atoms with Gasteiger partial charge in [0.25, 0.3) is 0 Å². The molecule has 0 aliphatic heterocycles. The summed E-state index contributed by atoms with van der Waals surface area (Å²) in [6, 6.07) is 14.9. The molecule has 0 heterocycles. The van der Waals surface area contributed by atoms with Crippen LogP contribution in [0.4, 0.5) is 10.5 Å². The number of halogens is 1. The Balaban J connectivity index is 1.86. The summed E-state index contributed by atoms with van der Waals surface area (Å²) in [6.45, 7) is 6.19. The highest BCUT2D eigenvalue weighted by Gasteiger charge is 2.14. The fraction of sp³-hybridized carbons (Fsp3) is 0.500. The Hall–Kier alpha value is -2.73. The Morgan fingerprint density at radius 2 is 1.60 bits per heavy atom. The van der Waals surface area contributed by atoms with Crippen LogP contribution < -0.4 is 10.1 Å². The van der Waals surface area contributed by atoms with Crippen LogP contribution in [0.3, 0.4) is 0 Å². The minimum absolute atomic E-state index is 0.121.